The minimum absolute atomic E-state index is 0.0222. The first-order valence-corrected chi connectivity index (χ1v) is 20.1. The Bertz CT molecular complexity index is 601. The molecule has 0 heterocycles. The second kappa shape index (κ2) is 30.3. The van der Waals surface area contributed by atoms with Gasteiger partial charge in [-0.05, 0) is 62.7 Å². The van der Waals surface area contributed by atoms with Crippen molar-refractivity contribution in [2.45, 2.75) is 240 Å². The van der Waals surface area contributed by atoms with Crippen molar-refractivity contribution in [3.63, 3.8) is 0 Å². The van der Waals surface area contributed by atoms with E-state index in [9.17, 15) is 9.59 Å². The van der Waals surface area contributed by atoms with Crippen LogP contribution in [0, 0.1) is 11.3 Å². The van der Waals surface area contributed by atoms with Gasteiger partial charge in [0, 0.05) is 12.8 Å². The van der Waals surface area contributed by atoms with E-state index in [2.05, 4.69) is 48.5 Å². The zero-order valence-corrected chi connectivity index (χ0v) is 31.7. The molecule has 0 bridgehead atoms. The number of ether oxygens (including phenoxy) is 2. The molecule has 0 aliphatic heterocycles. The fourth-order valence-corrected chi connectivity index (χ4v) is 6.49. The molecule has 0 rings (SSSR count). The van der Waals surface area contributed by atoms with Crippen molar-refractivity contribution < 1.29 is 19.1 Å². The van der Waals surface area contributed by atoms with E-state index >= 15 is 0 Å². The maximum Gasteiger partial charge on any atom is 0.306 e. The smallest absolute Gasteiger partial charge is 0.306 e. The molecular formula is C41H80O4. The van der Waals surface area contributed by atoms with Gasteiger partial charge in [-0.2, -0.15) is 0 Å². The second-order valence-electron chi connectivity index (χ2n) is 15.2. The third-order valence-electron chi connectivity index (χ3n) is 9.71. The second-order valence-corrected chi connectivity index (χ2v) is 15.2. The summed E-state index contributed by atoms with van der Waals surface area (Å²) in [4.78, 5) is 24.7. The van der Waals surface area contributed by atoms with Crippen LogP contribution in [0.25, 0.3) is 0 Å². The Morgan fingerprint density at radius 2 is 0.711 bits per heavy atom. The van der Waals surface area contributed by atoms with Gasteiger partial charge in [-0.3, -0.25) is 9.59 Å². The lowest BCUT2D eigenvalue weighted by molar-refractivity contribution is -0.151. The lowest BCUT2D eigenvalue weighted by atomic mass is 9.75. The average molecular weight is 637 g/mol. The molecule has 0 saturated carbocycles. The lowest BCUT2D eigenvalue weighted by Gasteiger charge is -2.31. The Kier molecular flexibility index (Phi) is 29.6. The van der Waals surface area contributed by atoms with Crippen LogP contribution >= 0.6 is 0 Å². The Morgan fingerprint density at radius 1 is 0.422 bits per heavy atom. The molecule has 0 aliphatic rings. The van der Waals surface area contributed by atoms with E-state index in [0.717, 1.165) is 109 Å². The molecule has 0 unspecified atom stereocenters. The van der Waals surface area contributed by atoms with Crippen LogP contribution in [0.5, 0.6) is 0 Å². The van der Waals surface area contributed by atoms with Crippen LogP contribution in [0.3, 0.4) is 0 Å². The van der Waals surface area contributed by atoms with E-state index < -0.39 is 0 Å². The molecule has 0 N–H and O–H groups in total. The topological polar surface area (TPSA) is 52.6 Å². The SMILES string of the molecule is CCCCC(CCCC)OC(=O)CCCCCCCCC(CCCCCCCCC(=O)OC(CCCC)CCCC)C(C)(C)C. The predicted octanol–water partition coefficient (Wildman–Crippen LogP) is 13.5. The van der Waals surface area contributed by atoms with Gasteiger partial charge >= 0.3 is 11.9 Å². The van der Waals surface area contributed by atoms with E-state index in [1.54, 1.807) is 0 Å². The molecule has 0 aromatic heterocycles. The summed E-state index contributed by atoms with van der Waals surface area (Å²) in [6.45, 7) is 16.1. The first kappa shape index (κ1) is 43.9. The monoisotopic (exact) mass is 637 g/mol. The summed E-state index contributed by atoms with van der Waals surface area (Å²) in [7, 11) is 0. The van der Waals surface area contributed by atoms with Crippen molar-refractivity contribution in [1.82, 2.24) is 0 Å². The highest BCUT2D eigenvalue weighted by atomic mass is 16.5. The Hall–Kier alpha value is -1.06. The molecule has 4 nitrogen and oxygen atoms in total. The molecule has 0 radical (unpaired) electrons. The quantitative estimate of drug-likeness (QED) is 0.0544. The first-order chi connectivity index (χ1) is 21.7. The minimum Gasteiger partial charge on any atom is -0.462 e. The zero-order chi connectivity index (χ0) is 33.6. The highest BCUT2D eigenvalue weighted by Gasteiger charge is 2.23. The summed E-state index contributed by atoms with van der Waals surface area (Å²) >= 11 is 0. The van der Waals surface area contributed by atoms with Gasteiger partial charge in [0.25, 0.3) is 0 Å². The number of hydrogen-bond donors (Lipinski definition) is 0. The molecule has 0 fully saturated rings. The average Bonchev–Trinajstić information content (AvgIpc) is 3.00. The van der Waals surface area contributed by atoms with Crippen LogP contribution in [0.4, 0.5) is 0 Å². The van der Waals surface area contributed by atoms with Gasteiger partial charge in [-0.25, -0.2) is 0 Å². The number of rotatable bonds is 32. The van der Waals surface area contributed by atoms with E-state index in [-0.39, 0.29) is 24.1 Å². The third kappa shape index (κ3) is 27.7. The minimum atomic E-state index is 0.0222. The van der Waals surface area contributed by atoms with Gasteiger partial charge in [0.1, 0.15) is 12.2 Å². The third-order valence-corrected chi connectivity index (χ3v) is 9.71. The molecule has 4 heteroatoms. The number of unbranched alkanes of at least 4 members (excludes halogenated alkanes) is 14. The summed E-state index contributed by atoms with van der Waals surface area (Å²) < 4.78 is 11.6. The maximum absolute atomic E-state index is 12.3. The number of carbonyl (C=O) groups excluding carboxylic acids is 2. The highest BCUT2D eigenvalue weighted by molar-refractivity contribution is 5.69. The van der Waals surface area contributed by atoms with Crippen molar-refractivity contribution in [3.8, 4) is 0 Å². The van der Waals surface area contributed by atoms with Crippen LogP contribution in [0.15, 0.2) is 0 Å². The molecule has 0 atom stereocenters. The molecule has 0 saturated heterocycles. The van der Waals surface area contributed by atoms with E-state index in [4.69, 9.17) is 9.47 Å². The molecule has 45 heavy (non-hydrogen) atoms. The molecule has 0 aliphatic carbocycles. The molecule has 0 aromatic rings. The largest absolute Gasteiger partial charge is 0.462 e. The molecular weight excluding hydrogens is 556 g/mol. The van der Waals surface area contributed by atoms with Crippen molar-refractivity contribution >= 4 is 11.9 Å². The first-order valence-electron chi connectivity index (χ1n) is 20.1. The van der Waals surface area contributed by atoms with Gasteiger partial charge in [0.05, 0.1) is 0 Å². The van der Waals surface area contributed by atoms with Gasteiger partial charge in [0.2, 0.25) is 0 Å². The maximum atomic E-state index is 12.3. The van der Waals surface area contributed by atoms with Crippen LogP contribution < -0.4 is 0 Å². The Balaban J connectivity index is 3.98. The van der Waals surface area contributed by atoms with Gasteiger partial charge in [0.15, 0.2) is 0 Å². The normalized spacial score (nSPS) is 12.0. The number of hydrogen-bond acceptors (Lipinski definition) is 4. The summed E-state index contributed by atoms with van der Waals surface area (Å²) in [5.74, 6) is 0.840. The fourth-order valence-electron chi connectivity index (χ4n) is 6.49. The van der Waals surface area contributed by atoms with E-state index in [1.807, 2.05) is 0 Å². The molecule has 0 amide bonds. The van der Waals surface area contributed by atoms with Gasteiger partial charge in [-0.1, -0.05) is 164 Å². The summed E-state index contributed by atoms with van der Waals surface area (Å²) in [6.07, 6.45) is 32.0. The number of esters is 2. The Morgan fingerprint density at radius 3 is 1.00 bits per heavy atom. The lowest BCUT2D eigenvalue weighted by Crippen LogP contribution is -2.20. The molecule has 268 valence electrons. The highest BCUT2D eigenvalue weighted by Crippen LogP contribution is 2.34. The van der Waals surface area contributed by atoms with Crippen molar-refractivity contribution in [3.05, 3.63) is 0 Å². The van der Waals surface area contributed by atoms with Crippen molar-refractivity contribution in [2.24, 2.45) is 11.3 Å². The van der Waals surface area contributed by atoms with Crippen LogP contribution in [0.2, 0.25) is 0 Å². The zero-order valence-electron chi connectivity index (χ0n) is 31.7. The van der Waals surface area contributed by atoms with Crippen LogP contribution in [0.1, 0.15) is 228 Å². The van der Waals surface area contributed by atoms with E-state index in [1.165, 1.54) is 64.2 Å². The van der Waals surface area contributed by atoms with Crippen LogP contribution in [-0.4, -0.2) is 24.1 Å². The van der Waals surface area contributed by atoms with Crippen molar-refractivity contribution in [1.29, 1.82) is 0 Å². The van der Waals surface area contributed by atoms with E-state index in [0.29, 0.717) is 18.3 Å². The number of carbonyl (C=O) groups is 2. The van der Waals surface area contributed by atoms with Crippen LogP contribution in [-0.2, 0) is 19.1 Å². The summed E-state index contributed by atoms with van der Waals surface area (Å²) in [5.41, 5.74) is 0.374. The molecule has 0 aromatic carbocycles. The summed E-state index contributed by atoms with van der Waals surface area (Å²) in [6, 6.07) is 0. The van der Waals surface area contributed by atoms with Gasteiger partial charge in [-0.15, -0.1) is 0 Å². The van der Waals surface area contributed by atoms with Gasteiger partial charge < -0.3 is 9.47 Å². The fraction of sp³-hybridized carbons (Fsp3) is 0.951. The van der Waals surface area contributed by atoms with Crippen molar-refractivity contribution in [2.75, 3.05) is 0 Å². The summed E-state index contributed by atoms with van der Waals surface area (Å²) in [5, 5.41) is 0. The molecule has 0 spiro atoms. The Labute approximate surface area is 282 Å². The standard InChI is InChI=1S/C41H80O4/c1-8-12-30-37(31-13-9-2)44-39(42)34-26-22-18-16-20-24-28-36(41(5,6)7)29-25-21-17-19-23-27-35-40(43)45-38(32-14-10-3)33-15-11-4/h36-38H,8-35H2,1-7H3. The predicted molar refractivity (Wildman–Crippen MR) is 195 cm³/mol.